The first-order valence-corrected chi connectivity index (χ1v) is 3.67. The zero-order valence-corrected chi connectivity index (χ0v) is 7.27. The molecule has 0 radical (unpaired) electrons. The second kappa shape index (κ2) is 4.01. The molecule has 1 heterocycles. The number of aliphatic hydroxyl groups is 1. The number of halogens is 1. The van der Waals surface area contributed by atoms with Gasteiger partial charge in [0.15, 0.2) is 11.9 Å². The molecule has 0 bridgehead atoms. The summed E-state index contributed by atoms with van der Waals surface area (Å²) in [5.41, 5.74) is -0.371. The lowest BCUT2D eigenvalue weighted by molar-refractivity contribution is -0.147. The maximum atomic E-state index is 13.3. The van der Waals surface area contributed by atoms with E-state index < -0.39 is 17.9 Å². The summed E-state index contributed by atoms with van der Waals surface area (Å²) in [5, 5.41) is 17.5. The minimum Gasteiger partial charge on any atom is -0.479 e. The van der Waals surface area contributed by atoms with E-state index in [1.807, 2.05) is 0 Å². The molecule has 0 aromatic carbocycles. The number of ether oxygens (including phenoxy) is 1. The van der Waals surface area contributed by atoms with E-state index in [1.54, 1.807) is 0 Å². The van der Waals surface area contributed by atoms with Gasteiger partial charge in [-0.25, -0.2) is 14.2 Å². The molecule has 2 N–H and O–H groups in total. The third kappa shape index (κ3) is 1.80. The minimum absolute atomic E-state index is 0.345. The molecule has 0 saturated heterocycles. The smallest absolute Gasteiger partial charge is 0.337 e. The molecule has 1 unspecified atom stereocenters. The quantitative estimate of drug-likeness (QED) is 0.737. The predicted octanol–water partition coefficient (Wildman–Crippen LogP) is 0.347. The third-order valence-corrected chi connectivity index (χ3v) is 1.61. The Morgan fingerprint density at radius 3 is 2.86 bits per heavy atom. The van der Waals surface area contributed by atoms with Crippen LogP contribution in [0.4, 0.5) is 4.39 Å². The summed E-state index contributed by atoms with van der Waals surface area (Å²) in [7, 11) is 1.20. The Morgan fingerprint density at radius 1 is 1.71 bits per heavy atom. The van der Waals surface area contributed by atoms with Gasteiger partial charge in [-0.15, -0.1) is 0 Å². The number of hydrogen-bond acceptors (Lipinski definition) is 4. The maximum Gasteiger partial charge on any atom is 0.337 e. The van der Waals surface area contributed by atoms with Gasteiger partial charge in [0, 0.05) is 11.8 Å². The highest BCUT2D eigenvalue weighted by Crippen LogP contribution is 2.22. The number of pyridine rings is 1. The Bertz CT molecular complexity index is 355. The fourth-order valence-electron chi connectivity index (χ4n) is 0.925. The van der Waals surface area contributed by atoms with Crippen molar-refractivity contribution in [2.75, 3.05) is 7.11 Å². The van der Waals surface area contributed by atoms with E-state index in [9.17, 15) is 9.18 Å². The van der Waals surface area contributed by atoms with Gasteiger partial charge in [0.2, 0.25) is 5.88 Å². The van der Waals surface area contributed by atoms with E-state index in [-0.39, 0.29) is 11.4 Å². The molecule has 0 fully saturated rings. The van der Waals surface area contributed by atoms with E-state index in [1.165, 1.54) is 7.11 Å². The lowest BCUT2D eigenvalue weighted by Gasteiger charge is -2.08. The van der Waals surface area contributed by atoms with Crippen LogP contribution in [0.5, 0.6) is 5.88 Å². The van der Waals surface area contributed by atoms with Gasteiger partial charge < -0.3 is 14.9 Å². The van der Waals surface area contributed by atoms with Crippen LogP contribution in [0.25, 0.3) is 0 Å². The molecular weight excluding hydrogens is 193 g/mol. The summed E-state index contributed by atoms with van der Waals surface area (Å²) < 4.78 is 17.8. The summed E-state index contributed by atoms with van der Waals surface area (Å²) in [5.74, 6) is -2.84. The monoisotopic (exact) mass is 201 g/mol. The van der Waals surface area contributed by atoms with Crippen molar-refractivity contribution in [2.45, 2.75) is 6.10 Å². The number of carboxylic acids is 1. The van der Waals surface area contributed by atoms with Crippen molar-refractivity contribution in [3.63, 3.8) is 0 Å². The fourth-order valence-corrected chi connectivity index (χ4v) is 0.925. The molecule has 0 amide bonds. The molecule has 14 heavy (non-hydrogen) atoms. The summed E-state index contributed by atoms with van der Waals surface area (Å²) in [6.45, 7) is 0. The Labute approximate surface area is 78.8 Å². The van der Waals surface area contributed by atoms with E-state index in [0.717, 1.165) is 12.3 Å². The van der Waals surface area contributed by atoms with Crippen LogP contribution >= 0.6 is 0 Å². The molecule has 0 aliphatic carbocycles. The Hall–Kier alpha value is -1.69. The van der Waals surface area contributed by atoms with Crippen molar-refractivity contribution in [3.8, 4) is 5.88 Å². The van der Waals surface area contributed by atoms with E-state index in [0.29, 0.717) is 0 Å². The van der Waals surface area contributed by atoms with Crippen LogP contribution in [-0.4, -0.2) is 28.3 Å². The molecule has 1 atom stereocenters. The molecule has 0 spiro atoms. The van der Waals surface area contributed by atoms with E-state index in [2.05, 4.69) is 9.72 Å². The largest absolute Gasteiger partial charge is 0.479 e. The Morgan fingerprint density at radius 2 is 2.36 bits per heavy atom. The summed E-state index contributed by atoms with van der Waals surface area (Å²) in [6.07, 6.45) is -0.754. The van der Waals surface area contributed by atoms with Crippen molar-refractivity contribution in [3.05, 3.63) is 23.6 Å². The number of rotatable bonds is 3. The average molecular weight is 201 g/mol. The fraction of sp³-hybridized carbons (Fsp3) is 0.250. The van der Waals surface area contributed by atoms with Gasteiger partial charge in [-0.1, -0.05) is 0 Å². The van der Waals surface area contributed by atoms with Crippen LogP contribution in [0, 0.1) is 5.82 Å². The first-order chi connectivity index (χ1) is 6.57. The number of methoxy groups -OCH3 is 1. The molecule has 0 saturated carbocycles. The van der Waals surface area contributed by atoms with Gasteiger partial charge in [-0.2, -0.15) is 0 Å². The molecule has 76 valence electrons. The minimum atomic E-state index is -1.91. The highest BCUT2D eigenvalue weighted by Gasteiger charge is 2.22. The van der Waals surface area contributed by atoms with Gasteiger partial charge >= 0.3 is 5.97 Å². The van der Waals surface area contributed by atoms with Crippen LogP contribution < -0.4 is 4.74 Å². The van der Waals surface area contributed by atoms with Crippen LogP contribution in [0.15, 0.2) is 12.3 Å². The molecule has 1 aromatic heterocycles. The molecule has 0 aliphatic rings. The Balaban J connectivity index is 3.15. The molecule has 5 nitrogen and oxygen atoms in total. The summed E-state index contributed by atoms with van der Waals surface area (Å²) in [6, 6.07) is 1.08. The van der Waals surface area contributed by atoms with Crippen molar-refractivity contribution in [1.29, 1.82) is 0 Å². The second-order valence-corrected chi connectivity index (χ2v) is 2.46. The lowest BCUT2D eigenvalue weighted by atomic mass is 10.1. The van der Waals surface area contributed by atoms with Gasteiger partial charge in [0.25, 0.3) is 0 Å². The number of nitrogens with zero attached hydrogens (tertiary/aromatic N) is 1. The van der Waals surface area contributed by atoms with Crippen LogP contribution in [0.2, 0.25) is 0 Å². The first-order valence-electron chi connectivity index (χ1n) is 3.67. The van der Waals surface area contributed by atoms with Gasteiger partial charge in [0.1, 0.15) is 0 Å². The van der Waals surface area contributed by atoms with E-state index in [4.69, 9.17) is 10.2 Å². The number of carbonyl (C=O) groups is 1. The number of aliphatic carboxylic acids is 1. The maximum absolute atomic E-state index is 13.3. The molecular formula is C8H8FNO4. The average Bonchev–Trinajstić information content (AvgIpc) is 2.17. The normalized spacial score (nSPS) is 12.2. The summed E-state index contributed by atoms with van der Waals surface area (Å²) >= 11 is 0. The summed E-state index contributed by atoms with van der Waals surface area (Å²) in [4.78, 5) is 13.9. The van der Waals surface area contributed by atoms with Crippen molar-refractivity contribution >= 4 is 5.97 Å². The molecule has 1 rings (SSSR count). The zero-order valence-electron chi connectivity index (χ0n) is 7.27. The predicted molar refractivity (Wildman–Crippen MR) is 43.3 cm³/mol. The SMILES string of the molecule is COc1nccc(C(O)C(=O)O)c1F. The van der Waals surface area contributed by atoms with Crippen LogP contribution in [0.1, 0.15) is 11.7 Å². The number of carboxylic acid groups (broad SMARTS) is 1. The first kappa shape index (κ1) is 10.4. The number of aliphatic hydroxyl groups excluding tert-OH is 1. The lowest BCUT2D eigenvalue weighted by Crippen LogP contribution is -2.13. The van der Waals surface area contributed by atoms with Gasteiger partial charge in [0.05, 0.1) is 7.11 Å². The third-order valence-electron chi connectivity index (χ3n) is 1.61. The van der Waals surface area contributed by atoms with Crippen LogP contribution in [-0.2, 0) is 4.79 Å². The van der Waals surface area contributed by atoms with Crippen LogP contribution in [0.3, 0.4) is 0 Å². The van der Waals surface area contributed by atoms with E-state index >= 15 is 0 Å². The number of aromatic nitrogens is 1. The van der Waals surface area contributed by atoms with Gasteiger partial charge in [-0.3, -0.25) is 0 Å². The number of hydrogen-bond donors (Lipinski definition) is 2. The topological polar surface area (TPSA) is 79.7 Å². The zero-order chi connectivity index (χ0) is 10.7. The highest BCUT2D eigenvalue weighted by molar-refractivity contribution is 5.74. The molecule has 0 aliphatic heterocycles. The molecule has 1 aromatic rings. The molecule has 6 heteroatoms. The standard InChI is InChI=1S/C8H8FNO4/c1-14-7-5(9)4(2-3-10-7)6(11)8(12)13/h2-3,6,11H,1H3,(H,12,13). The Kier molecular flexibility index (Phi) is 2.98. The van der Waals surface area contributed by atoms with Crippen molar-refractivity contribution < 1.29 is 24.1 Å². The highest BCUT2D eigenvalue weighted by atomic mass is 19.1. The second-order valence-electron chi connectivity index (χ2n) is 2.46. The van der Waals surface area contributed by atoms with Gasteiger partial charge in [-0.05, 0) is 6.07 Å². The van der Waals surface area contributed by atoms with Crippen molar-refractivity contribution in [2.24, 2.45) is 0 Å². The van der Waals surface area contributed by atoms with Crippen molar-refractivity contribution in [1.82, 2.24) is 4.98 Å².